The average molecular weight is 272 g/mol. The summed E-state index contributed by atoms with van der Waals surface area (Å²) in [6, 6.07) is 7.86. The van der Waals surface area contributed by atoms with Gasteiger partial charge in [0.2, 0.25) is 0 Å². The van der Waals surface area contributed by atoms with Gasteiger partial charge in [0, 0.05) is 30.5 Å². The highest BCUT2D eigenvalue weighted by atomic mass is 15.2. The number of nitrogens with one attached hydrogen (secondary N) is 1. The van der Waals surface area contributed by atoms with E-state index in [0.29, 0.717) is 0 Å². The van der Waals surface area contributed by atoms with Crippen LogP contribution in [0.2, 0.25) is 0 Å². The van der Waals surface area contributed by atoms with Crippen LogP contribution in [0.1, 0.15) is 51.5 Å². The second-order valence-corrected chi connectivity index (χ2v) is 6.86. The maximum atomic E-state index is 3.58. The van der Waals surface area contributed by atoms with Crippen molar-refractivity contribution in [1.82, 2.24) is 0 Å². The van der Waals surface area contributed by atoms with Crippen LogP contribution >= 0.6 is 0 Å². The van der Waals surface area contributed by atoms with E-state index in [1.807, 2.05) is 0 Å². The Labute approximate surface area is 123 Å². The molecule has 0 atom stereocenters. The summed E-state index contributed by atoms with van der Waals surface area (Å²) >= 11 is 0. The predicted molar refractivity (Wildman–Crippen MR) is 87.7 cm³/mol. The molecule has 0 unspecified atom stereocenters. The quantitative estimate of drug-likeness (QED) is 0.871. The second kappa shape index (κ2) is 6.07. The molecule has 0 saturated heterocycles. The Hall–Kier alpha value is -1.18. The molecule has 1 saturated carbocycles. The van der Waals surface area contributed by atoms with E-state index in [0.717, 1.165) is 18.5 Å². The maximum Gasteiger partial charge on any atom is 0.0393 e. The number of hydrogen-bond acceptors (Lipinski definition) is 2. The Kier molecular flexibility index (Phi) is 4.18. The van der Waals surface area contributed by atoms with Gasteiger partial charge in [0.05, 0.1) is 0 Å². The molecule has 1 N–H and O–H groups in total. The van der Waals surface area contributed by atoms with E-state index in [1.54, 1.807) is 0 Å². The molecule has 1 aromatic rings. The van der Waals surface area contributed by atoms with Crippen LogP contribution in [0.25, 0.3) is 0 Å². The average Bonchev–Trinajstić information content (AvgIpc) is 2.98. The van der Waals surface area contributed by atoms with Crippen molar-refractivity contribution in [2.75, 3.05) is 23.3 Å². The van der Waals surface area contributed by atoms with Crippen LogP contribution in [0.4, 0.5) is 11.4 Å². The highest BCUT2D eigenvalue weighted by molar-refractivity contribution is 5.63. The van der Waals surface area contributed by atoms with Crippen LogP contribution in [0.5, 0.6) is 0 Å². The number of anilines is 2. The van der Waals surface area contributed by atoms with Crippen molar-refractivity contribution in [3.63, 3.8) is 0 Å². The minimum absolute atomic E-state index is 0.722. The highest BCUT2D eigenvalue weighted by Crippen LogP contribution is 2.33. The van der Waals surface area contributed by atoms with Gasteiger partial charge in [0.25, 0.3) is 0 Å². The predicted octanol–water partition coefficient (Wildman–Crippen LogP) is 4.45. The summed E-state index contributed by atoms with van der Waals surface area (Å²) in [5, 5.41) is 3.58. The largest absolute Gasteiger partial charge is 0.385 e. The Bertz CT molecular complexity index is 447. The summed E-state index contributed by atoms with van der Waals surface area (Å²) in [7, 11) is 0. The van der Waals surface area contributed by atoms with Crippen LogP contribution in [-0.2, 0) is 6.42 Å². The lowest BCUT2D eigenvalue weighted by atomic mass is 10.0. The summed E-state index contributed by atoms with van der Waals surface area (Å²) < 4.78 is 0. The molecule has 0 bridgehead atoms. The maximum absolute atomic E-state index is 3.58. The summed E-state index contributed by atoms with van der Waals surface area (Å²) in [4.78, 5) is 2.67. The Balaban J connectivity index is 1.85. The van der Waals surface area contributed by atoms with Crippen molar-refractivity contribution in [2.24, 2.45) is 5.92 Å². The van der Waals surface area contributed by atoms with Gasteiger partial charge >= 0.3 is 0 Å². The van der Waals surface area contributed by atoms with E-state index in [9.17, 15) is 0 Å². The van der Waals surface area contributed by atoms with Crippen molar-refractivity contribution in [2.45, 2.75) is 58.4 Å². The lowest BCUT2D eigenvalue weighted by Gasteiger charge is -2.34. The van der Waals surface area contributed by atoms with Gasteiger partial charge in [-0.25, -0.2) is 0 Å². The van der Waals surface area contributed by atoms with E-state index < -0.39 is 0 Å². The molecule has 2 nitrogen and oxygen atoms in total. The van der Waals surface area contributed by atoms with Gasteiger partial charge in [-0.05, 0) is 49.3 Å². The summed E-state index contributed by atoms with van der Waals surface area (Å²) in [6.45, 7) is 6.98. The lowest BCUT2D eigenvalue weighted by Crippen LogP contribution is -2.36. The lowest BCUT2D eigenvalue weighted by molar-refractivity contribution is 0.536. The molecule has 1 aromatic carbocycles. The van der Waals surface area contributed by atoms with Gasteiger partial charge in [0.1, 0.15) is 0 Å². The first-order chi connectivity index (χ1) is 9.74. The van der Waals surface area contributed by atoms with Crippen LogP contribution in [0.3, 0.4) is 0 Å². The van der Waals surface area contributed by atoms with Gasteiger partial charge in [-0.2, -0.15) is 0 Å². The van der Waals surface area contributed by atoms with Crippen LogP contribution in [0, 0.1) is 5.92 Å². The summed E-state index contributed by atoms with van der Waals surface area (Å²) in [5.74, 6) is 0.722. The van der Waals surface area contributed by atoms with Gasteiger partial charge in [0.15, 0.2) is 0 Å². The molecular weight excluding hydrogens is 244 g/mol. The second-order valence-electron chi connectivity index (χ2n) is 6.86. The molecule has 0 spiro atoms. The van der Waals surface area contributed by atoms with Crippen LogP contribution in [-0.4, -0.2) is 19.1 Å². The number of fused-ring (bicyclic) bond motifs is 1. The first kappa shape index (κ1) is 13.8. The van der Waals surface area contributed by atoms with E-state index >= 15 is 0 Å². The SMILES string of the molecule is CC(C)CN(c1ccc2c(c1)NCCC2)C1CCCC1. The van der Waals surface area contributed by atoms with E-state index in [4.69, 9.17) is 0 Å². The van der Waals surface area contributed by atoms with E-state index in [-0.39, 0.29) is 0 Å². The zero-order valence-electron chi connectivity index (χ0n) is 13.0. The fraction of sp³-hybridized carbons (Fsp3) is 0.667. The number of aryl methyl sites for hydroxylation is 1. The Morgan fingerprint density at radius 2 is 2.00 bits per heavy atom. The van der Waals surface area contributed by atoms with E-state index in [2.05, 4.69) is 42.3 Å². The van der Waals surface area contributed by atoms with Gasteiger partial charge in [-0.15, -0.1) is 0 Å². The molecule has 0 aromatic heterocycles. The summed E-state index contributed by atoms with van der Waals surface area (Å²) in [5.41, 5.74) is 4.30. The number of rotatable bonds is 4. The third-order valence-electron chi connectivity index (χ3n) is 4.69. The first-order valence-corrected chi connectivity index (χ1v) is 8.37. The zero-order chi connectivity index (χ0) is 13.9. The molecule has 1 heterocycles. The van der Waals surface area contributed by atoms with Crippen molar-refractivity contribution in [1.29, 1.82) is 0 Å². The van der Waals surface area contributed by atoms with Crippen LogP contribution in [0.15, 0.2) is 18.2 Å². The molecule has 20 heavy (non-hydrogen) atoms. The van der Waals surface area contributed by atoms with Crippen molar-refractivity contribution >= 4 is 11.4 Å². The van der Waals surface area contributed by atoms with Gasteiger partial charge in [-0.1, -0.05) is 32.8 Å². The molecule has 1 aliphatic carbocycles. The highest BCUT2D eigenvalue weighted by Gasteiger charge is 2.24. The zero-order valence-corrected chi connectivity index (χ0v) is 13.0. The van der Waals surface area contributed by atoms with Crippen molar-refractivity contribution in [3.05, 3.63) is 23.8 Å². The molecule has 1 fully saturated rings. The molecule has 110 valence electrons. The fourth-order valence-electron chi connectivity index (χ4n) is 3.70. The molecule has 0 radical (unpaired) electrons. The minimum Gasteiger partial charge on any atom is -0.385 e. The molecule has 1 aliphatic heterocycles. The Morgan fingerprint density at radius 1 is 1.20 bits per heavy atom. The van der Waals surface area contributed by atoms with Gasteiger partial charge < -0.3 is 10.2 Å². The molecule has 0 amide bonds. The monoisotopic (exact) mass is 272 g/mol. The number of nitrogens with zero attached hydrogens (tertiary/aromatic N) is 1. The minimum atomic E-state index is 0.722. The van der Waals surface area contributed by atoms with Gasteiger partial charge in [-0.3, -0.25) is 0 Å². The van der Waals surface area contributed by atoms with Crippen LogP contribution < -0.4 is 10.2 Å². The topological polar surface area (TPSA) is 15.3 Å². The molecule has 2 heteroatoms. The number of hydrogen-bond donors (Lipinski definition) is 1. The summed E-state index contributed by atoms with van der Waals surface area (Å²) in [6.07, 6.45) is 8.06. The Morgan fingerprint density at radius 3 is 2.75 bits per heavy atom. The fourth-order valence-corrected chi connectivity index (χ4v) is 3.70. The molecular formula is C18H28N2. The van der Waals surface area contributed by atoms with E-state index in [1.165, 1.54) is 62.0 Å². The first-order valence-electron chi connectivity index (χ1n) is 8.37. The molecule has 2 aliphatic rings. The molecule has 3 rings (SSSR count). The third kappa shape index (κ3) is 2.94. The standard InChI is InChI=1S/C18H28N2/c1-14(2)13-20(16-7-3-4-8-16)17-10-9-15-6-5-11-19-18(15)12-17/h9-10,12,14,16,19H,3-8,11,13H2,1-2H3. The third-order valence-corrected chi connectivity index (χ3v) is 4.69. The number of benzene rings is 1. The smallest absolute Gasteiger partial charge is 0.0393 e. The normalized spacial score (nSPS) is 18.9. The van der Waals surface area contributed by atoms with Crippen molar-refractivity contribution in [3.8, 4) is 0 Å². The van der Waals surface area contributed by atoms with Crippen molar-refractivity contribution < 1.29 is 0 Å².